The van der Waals surface area contributed by atoms with Gasteiger partial charge in [0.15, 0.2) is 0 Å². The Bertz CT molecular complexity index is 589. The van der Waals surface area contributed by atoms with Crippen molar-refractivity contribution in [1.29, 1.82) is 0 Å². The molecule has 0 atom stereocenters. The van der Waals surface area contributed by atoms with Crippen LogP contribution >= 0.6 is 11.6 Å². The van der Waals surface area contributed by atoms with Crippen molar-refractivity contribution in [3.8, 4) is 0 Å². The molecule has 0 radical (unpaired) electrons. The van der Waals surface area contributed by atoms with E-state index in [0.29, 0.717) is 6.54 Å². The van der Waals surface area contributed by atoms with Crippen molar-refractivity contribution in [1.82, 2.24) is 14.9 Å². The van der Waals surface area contributed by atoms with Crippen LogP contribution in [0, 0.1) is 0 Å². The highest BCUT2D eigenvalue weighted by atomic mass is 35.5. The fourth-order valence-electron chi connectivity index (χ4n) is 1.95. The van der Waals surface area contributed by atoms with Crippen molar-refractivity contribution < 1.29 is 4.79 Å². The number of hydrogen-bond acceptors (Lipinski definition) is 2. The summed E-state index contributed by atoms with van der Waals surface area (Å²) in [6, 6.07) is 6.15. The molecule has 0 aliphatic carbocycles. The Labute approximate surface area is 111 Å². The molecule has 0 spiro atoms. The van der Waals surface area contributed by atoms with Crippen LogP contribution in [0.3, 0.4) is 0 Å². The maximum Gasteiger partial charge on any atom is 0.313 e. The zero-order valence-electron chi connectivity index (χ0n) is 10.7. The maximum atomic E-state index is 10.8. The van der Waals surface area contributed by atoms with E-state index in [0.717, 1.165) is 16.6 Å². The normalized spacial score (nSPS) is 11.8. The van der Waals surface area contributed by atoms with Gasteiger partial charge in [0.2, 0.25) is 0 Å². The second kappa shape index (κ2) is 4.61. The Morgan fingerprint density at radius 3 is 2.89 bits per heavy atom. The van der Waals surface area contributed by atoms with E-state index < -0.39 is 5.37 Å². The Kier molecular flexibility index (Phi) is 3.30. The topological polar surface area (TPSA) is 46.9 Å². The molecule has 1 aromatic carbocycles. The molecule has 0 saturated carbocycles. The van der Waals surface area contributed by atoms with Crippen LogP contribution in [-0.2, 0) is 12.5 Å². The van der Waals surface area contributed by atoms with Gasteiger partial charge in [-0.25, -0.2) is 4.98 Å². The van der Waals surface area contributed by atoms with E-state index in [-0.39, 0.29) is 5.41 Å². The third-order valence-corrected chi connectivity index (χ3v) is 3.31. The second-order valence-corrected chi connectivity index (χ2v) is 5.41. The number of carbonyl (C=O) groups excluding carboxylic acids is 1. The van der Waals surface area contributed by atoms with E-state index >= 15 is 0 Å². The summed E-state index contributed by atoms with van der Waals surface area (Å²) < 4.78 is 1.98. The van der Waals surface area contributed by atoms with Crippen LogP contribution in [0.2, 0.25) is 0 Å². The molecule has 2 rings (SSSR count). The summed E-state index contributed by atoms with van der Waals surface area (Å²) in [7, 11) is 1.97. The van der Waals surface area contributed by atoms with Crippen LogP contribution in [0.4, 0.5) is 4.79 Å². The number of nitrogens with one attached hydrogen (secondary N) is 1. The van der Waals surface area contributed by atoms with Gasteiger partial charge in [0, 0.05) is 19.0 Å². The Morgan fingerprint density at radius 1 is 1.50 bits per heavy atom. The molecule has 18 heavy (non-hydrogen) atoms. The predicted molar refractivity (Wildman–Crippen MR) is 73.0 cm³/mol. The smallest absolute Gasteiger partial charge is 0.313 e. The first-order valence-electron chi connectivity index (χ1n) is 5.75. The molecule has 96 valence electrons. The number of imidazole rings is 1. The molecule has 1 heterocycles. The summed E-state index contributed by atoms with van der Waals surface area (Å²) in [4.78, 5) is 15.1. The highest BCUT2D eigenvalue weighted by Crippen LogP contribution is 2.25. The number of carbonyl (C=O) groups is 1. The van der Waals surface area contributed by atoms with Crippen molar-refractivity contribution in [2.75, 3.05) is 6.54 Å². The van der Waals surface area contributed by atoms with Crippen LogP contribution in [-0.4, -0.2) is 21.5 Å². The average Bonchev–Trinajstić information content (AvgIpc) is 2.68. The molecule has 2 aromatic rings. The van der Waals surface area contributed by atoms with Crippen molar-refractivity contribution in [3.63, 3.8) is 0 Å². The minimum Gasteiger partial charge on any atom is -0.342 e. The van der Waals surface area contributed by atoms with Gasteiger partial charge in [-0.1, -0.05) is 19.9 Å². The summed E-state index contributed by atoms with van der Waals surface area (Å²) in [5.74, 6) is 0. The Balaban J connectivity index is 2.32. The number of fused-ring (bicyclic) bond motifs is 1. The number of benzene rings is 1. The van der Waals surface area contributed by atoms with Gasteiger partial charge < -0.3 is 9.88 Å². The highest BCUT2D eigenvalue weighted by molar-refractivity contribution is 6.62. The zero-order chi connectivity index (χ0) is 13.3. The summed E-state index contributed by atoms with van der Waals surface area (Å²) in [5.41, 5.74) is 2.99. The third kappa shape index (κ3) is 2.48. The lowest BCUT2D eigenvalue weighted by atomic mass is 9.84. The monoisotopic (exact) mass is 265 g/mol. The minimum atomic E-state index is -0.526. The number of hydrogen-bond donors (Lipinski definition) is 1. The first-order valence-corrected chi connectivity index (χ1v) is 6.13. The number of aromatic nitrogens is 2. The molecule has 1 N–H and O–H groups in total. The van der Waals surface area contributed by atoms with E-state index in [1.165, 1.54) is 0 Å². The molecule has 1 aromatic heterocycles. The lowest BCUT2D eigenvalue weighted by Gasteiger charge is -2.25. The summed E-state index contributed by atoms with van der Waals surface area (Å²) >= 11 is 5.30. The lowest BCUT2D eigenvalue weighted by molar-refractivity contribution is 0.257. The van der Waals surface area contributed by atoms with E-state index in [4.69, 9.17) is 11.6 Å². The van der Waals surface area contributed by atoms with E-state index in [9.17, 15) is 4.79 Å². The Hall–Kier alpha value is -1.55. The number of amides is 1. The van der Waals surface area contributed by atoms with Gasteiger partial charge in [-0.05, 0) is 29.3 Å². The molecular formula is C13H16ClN3O. The quantitative estimate of drug-likeness (QED) is 0.685. The van der Waals surface area contributed by atoms with Gasteiger partial charge in [0.1, 0.15) is 0 Å². The van der Waals surface area contributed by atoms with Gasteiger partial charge in [-0.15, -0.1) is 0 Å². The van der Waals surface area contributed by atoms with Gasteiger partial charge in [-0.2, -0.15) is 0 Å². The highest BCUT2D eigenvalue weighted by Gasteiger charge is 2.21. The molecule has 4 nitrogen and oxygen atoms in total. The van der Waals surface area contributed by atoms with Crippen LogP contribution < -0.4 is 5.32 Å². The van der Waals surface area contributed by atoms with E-state index in [1.807, 2.05) is 17.7 Å². The van der Waals surface area contributed by atoms with E-state index in [1.54, 1.807) is 6.33 Å². The first-order chi connectivity index (χ1) is 8.40. The molecule has 0 fully saturated rings. The van der Waals surface area contributed by atoms with Gasteiger partial charge in [0.25, 0.3) is 0 Å². The maximum absolute atomic E-state index is 10.8. The summed E-state index contributed by atoms with van der Waals surface area (Å²) in [6.45, 7) is 4.61. The zero-order valence-corrected chi connectivity index (χ0v) is 11.5. The van der Waals surface area contributed by atoms with Crippen molar-refractivity contribution in [2.45, 2.75) is 19.3 Å². The standard InChI is InChI=1S/C13H16ClN3O/c1-13(2,7-15-12(14)18)9-4-5-11-10(6-9)16-8-17(11)3/h4-6,8H,7H2,1-3H3,(H,15,18). The third-order valence-electron chi connectivity index (χ3n) is 3.18. The fraction of sp³-hybridized carbons (Fsp3) is 0.385. The van der Waals surface area contributed by atoms with Gasteiger partial charge in [-0.3, -0.25) is 4.79 Å². The van der Waals surface area contributed by atoms with Crippen LogP contribution in [0.15, 0.2) is 24.5 Å². The largest absolute Gasteiger partial charge is 0.342 e. The molecule has 1 amide bonds. The summed E-state index contributed by atoms with van der Waals surface area (Å²) in [6.07, 6.45) is 1.79. The fourth-order valence-corrected chi connectivity index (χ4v) is 2.02. The van der Waals surface area contributed by atoms with Crippen LogP contribution in [0.1, 0.15) is 19.4 Å². The average molecular weight is 266 g/mol. The predicted octanol–water partition coefficient (Wildman–Crippen LogP) is 2.80. The van der Waals surface area contributed by atoms with Crippen LogP contribution in [0.25, 0.3) is 11.0 Å². The molecule has 5 heteroatoms. The Morgan fingerprint density at radius 2 is 2.22 bits per heavy atom. The van der Waals surface area contributed by atoms with Crippen molar-refractivity contribution >= 4 is 28.0 Å². The molecule has 0 aliphatic rings. The van der Waals surface area contributed by atoms with Crippen LogP contribution in [0.5, 0.6) is 0 Å². The molecule has 0 unspecified atom stereocenters. The number of halogens is 1. The summed E-state index contributed by atoms with van der Waals surface area (Å²) in [5, 5.41) is 2.11. The number of nitrogens with zero attached hydrogens (tertiary/aromatic N) is 2. The molecule has 0 bridgehead atoms. The lowest BCUT2D eigenvalue weighted by Crippen LogP contribution is -2.34. The minimum absolute atomic E-state index is 0.184. The molecular weight excluding hydrogens is 250 g/mol. The SMILES string of the molecule is Cn1cnc2cc(C(C)(C)CNC(=O)Cl)ccc21. The van der Waals surface area contributed by atoms with E-state index in [2.05, 4.69) is 36.3 Å². The molecule has 0 saturated heterocycles. The second-order valence-electron chi connectivity index (χ2n) is 5.07. The first kappa shape index (κ1) is 12.9. The molecule has 0 aliphatic heterocycles. The number of rotatable bonds is 3. The van der Waals surface area contributed by atoms with Gasteiger partial charge in [0.05, 0.1) is 17.4 Å². The van der Waals surface area contributed by atoms with Crippen molar-refractivity contribution in [3.05, 3.63) is 30.1 Å². The van der Waals surface area contributed by atoms with Crippen molar-refractivity contribution in [2.24, 2.45) is 7.05 Å². The van der Waals surface area contributed by atoms with Gasteiger partial charge >= 0.3 is 5.37 Å². The number of aryl methyl sites for hydroxylation is 1.